The summed E-state index contributed by atoms with van der Waals surface area (Å²) in [6, 6.07) is 8.85. The molecular weight excluding hydrogens is 538 g/mol. The van der Waals surface area contributed by atoms with E-state index in [9.17, 15) is 27.2 Å². The molecule has 5 rings (SSSR count). The molecule has 1 unspecified atom stereocenters. The Morgan fingerprint density at radius 3 is 2.41 bits per heavy atom. The fourth-order valence-corrected chi connectivity index (χ4v) is 6.29. The van der Waals surface area contributed by atoms with Crippen LogP contribution in [-0.4, -0.2) is 43.0 Å². The van der Waals surface area contributed by atoms with E-state index in [2.05, 4.69) is 20.5 Å². The lowest BCUT2D eigenvalue weighted by atomic mass is 9.73. The molecular formula is C30H31F4N5O2. The molecule has 1 spiro atoms. The number of benzene rings is 2. The molecule has 4 N–H and O–H groups in total. The maximum absolute atomic E-state index is 14.4. The third kappa shape index (κ3) is 5.84. The molecule has 1 fully saturated rings. The summed E-state index contributed by atoms with van der Waals surface area (Å²) in [6.45, 7) is 1.45. The van der Waals surface area contributed by atoms with Crippen molar-refractivity contribution in [3.8, 4) is 0 Å². The highest BCUT2D eigenvalue weighted by Crippen LogP contribution is 2.53. The summed E-state index contributed by atoms with van der Waals surface area (Å²) < 4.78 is 55.3. The van der Waals surface area contributed by atoms with E-state index in [0.717, 1.165) is 54.9 Å². The minimum Gasteiger partial charge on any atom is -0.384 e. The van der Waals surface area contributed by atoms with Crippen molar-refractivity contribution in [2.24, 2.45) is 0 Å². The van der Waals surface area contributed by atoms with Gasteiger partial charge in [0, 0.05) is 33.0 Å². The number of pyridine rings is 1. The van der Waals surface area contributed by atoms with Crippen LogP contribution in [0.4, 0.5) is 29.1 Å². The lowest BCUT2D eigenvalue weighted by Crippen LogP contribution is -2.47. The summed E-state index contributed by atoms with van der Waals surface area (Å²) in [6.07, 6.45) is 3.72. The second kappa shape index (κ2) is 11.4. The molecule has 11 heteroatoms. The number of carbonyl (C=O) groups is 2. The third-order valence-electron chi connectivity index (χ3n) is 8.33. The van der Waals surface area contributed by atoms with Crippen LogP contribution >= 0.6 is 0 Å². The molecule has 41 heavy (non-hydrogen) atoms. The van der Waals surface area contributed by atoms with E-state index in [1.807, 2.05) is 6.07 Å². The van der Waals surface area contributed by atoms with Gasteiger partial charge in [0.25, 0.3) is 0 Å². The number of anilines is 2. The van der Waals surface area contributed by atoms with Gasteiger partial charge in [-0.25, -0.2) is 22.5 Å². The van der Waals surface area contributed by atoms with E-state index in [1.54, 1.807) is 24.4 Å². The van der Waals surface area contributed by atoms with Crippen LogP contribution in [0.1, 0.15) is 48.3 Å². The van der Waals surface area contributed by atoms with Gasteiger partial charge in [0.2, 0.25) is 11.8 Å². The van der Waals surface area contributed by atoms with Crippen LogP contribution in [0.3, 0.4) is 0 Å². The molecule has 0 bridgehead atoms. The first-order valence-electron chi connectivity index (χ1n) is 13.5. The highest BCUT2D eigenvalue weighted by molar-refractivity contribution is 5.88. The van der Waals surface area contributed by atoms with Gasteiger partial charge in [-0.15, -0.1) is 0 Å². The first-order chi connectivity index (χ1) is 19.6. The van der Waals surface area contributed by atoms with E-state index in [4.69, 9.17) is 5.73 Å². The molecule has 2 atom stereocenters. The van der Waals surface area contributed by atoms with Crippen molar-refractivity contribution in [2.75, 3.05) is 30.8 Å². The predicted octanol–water partition coefficient (Wildman–Crippen LogP) is 4.11. The number of fused-ring (bicyclic) bond motifs is 2. The van der Waals surface area contributed by atoms with Crippen molar-refractivity contribution in [2.45, 2.75) is 49.5 Å². The van der Waals surface area contributed by atoms with Crippen LogP contribution in [0.15, 0.2) is 48.7 Å². The van der Waals surface area contributed by atoms with Crippen LogP contribution in [0, 0.1) is 23.3 Å². The van der Waals surface area contributed by atoms with Crippen molar-refractivity contribution in [1.29, 1.82) is 0 Å². The van der Waals surface area contributed by atoms with E-state index in [0.29, 0.717) is 12.2 Å². The molecule has 1 saturated heterocycles. The number of aromatic nitrogens is 1. The van der Waals surface area contributed by atoms with E-state index in [-0.39, 0.29) is 35.6 Å². The zero-order chi connectivity index (χ0) is 29.3. The van der Waals surface area contributed by atoms with Gasteiger partial charge in [-0.1, -0.05) is 6.07 Å². The molecule has 0 saturated carbocycles. The van der Waals surface area contributed by atoms with Crippen molar-refractivity contribution < 1.29 is 27.2 Å². The number of carbonyl (C=O) groups excluding carboxylic acids is 2. The fraction of sp³-hybridized carbons (Fsp3) is 0.367. The lowest BCUT2D eigenvalue weighted by Gasteiger charge is -2.41. The molecule has 1 aliphatic heterocycles. The first kappa shape index (κ1) is 28.4. The largest absolute Gasteiger partial charge is 0.384 e. The van der Waals surface area contributed by atoms with Gasteiger partial charge in [0.1, 0.15) is 17.7 Å². The van der Waals surface area contributed by atoms with Crippen LogP contribution in [0.2, 0.25) is 0 Å². The lowest BCUT2D eigenvalue weighted by molar-refractivity contribution is -0.128. The molecule has 1 aliphatic carbocycles. The number of nitrogens with two attached hydrogens (primary N) is 1. The van der Waals surface area contributed by atoms with Gasteiger partial charge in [-0.05, 0) is 83.7 Å². The Hall–Kier alpha value is -4.15. The Balaban J connectivity index is 1.30. The second-order valence-electron chi connectivity index (χ2n) is 10.9. The van der Waals surface area contributed by atoms with Crippen molar-refractivity contribution in [1.82, 2.24) is 15.6 Å². The Morgan fingerprint density at radius 1 is 1.07 bits per heavy atom. The van der Waals surface area contributed by atoms with E-state index >= 15 is 0 Å². The summed E-state index contributed by atoms with van der Waals surface area (Å²) in [5, 5.41) is 5.12. The minimum atomic E-state index is -1.60. The highest BCUT2D eigenvalue weighted by Gasteiger charge is 2.46. The number of nitrogens with zero attached hydrogens (tertiary/aromatic N) is 2. The molecule has 2 heterocycles. The summed E-state index contributed by atoms with van der Waals surface area (Å²) in [7, 11) is 1.38. The van der Waals surface area contributed by atoms with Crippen LogP contribution in [-0.2, 0) is 21.4 Å². The maximum Gasteiger partial charge on any atom is 0.242 e. The Bertz CT molecular complexity index is 1430. The van der Waals surface area contributed by atoms with Crippen molar-refractivity contribution in [3.05, 3.63) is 88.6 Å². The number of likely N-dealkylation sites (N-methyl/N-ethyl adjacent to an activating group) is 1. The van der Waals surface area contributed by atoms with Gasteiger partial charge < -0.3 is 21.3 Å². The highest BCUT2D eigenvalue weighted by atomic mass is 19.2. The smallest absolute Gasteiger partial charge is 0.242 e. The van der Waals surface area contributed by atoms with Crippen LogP contribution < -0.4 is 21.3 Å². The summed E-state index contributed by atoms with van der Waals surface area (Å²) in [5.41, 5.74) is 8.22. The standard InChI is InChI=1S/C30H31F4N5O2/c1-36-29(41)25(12-17-10-23(32)28(34)24(33)11-17)38-27(40)13-18-15-30(22-14-19(31)2-4-21(18)22)6-8-39(9-7-30)20-3-5-26(35)37-16-20/h2-5,10-11,14,16,18,25H,6-9,12-13,15H2,1H3,(H2,35,37)(H,36,41)(H,38,40)/t18?,25-/m1/s1. The number of amides is 2. The number of nitrogens with one attached hydrogen (secondary N) is 2. The number of nitrogen functional groups attached to an aromatic ring is 1. The van der Waals surface area contributed by atoms with Gasteiger partial charge >= 0.3 is 0 Å². The molecule has 2 amide bonds. The summed E-state index contributed by atoms with van der Waals surface area (Å²) in [5.74, 6) is -5.43. The fourth-order valence-electron chi connectivity index (χ4n) is 6.29. The molecule has 1 aromatic heterocycles. The van der Waals surface area contributed by atoms with Gasteiger partial charge in [-0.3, -0.25) is 9.59 Å². The summed E-state index contributed by atoms with van der Waals surface area (Å²) in [4.78, 5) is 32.1. The number of hydrogen-bond donors (Lipinski definition) is 3. The number of halogens is 4. The predicted molar refractivity (Wildman–Crippen MR) is 146 cm³/mol. The van der Waals surface area contributed by atoms with Crippen LogP contribution in [0.5, 0.6) is 0 Å². The average molecular weight is 570 g/mol. The molecule has 2 aromatic carbocycles. The Morgan fingerprint density at radius 2 is 1.78 bits per heavy atom. The van der Waals surface area contributed by atoms with E-state index < -0.39 is 35.3 Å². The topological polar surface area (TPSA) is 100 Å². The van der Waals surface area contributed by atoms with Crippen LogP contribution in [0.25, 0.3) is 0 Å². The third-order valence-corrected chi connectivity index (χ3v) is 8.33. The number of piperidine rings is 1. The normalized spacial score (nSPS) is 18.2. The number of hydrogen-bond acceptors (Lipinski definition) is 5. The minimum absolute atomic E-state index is 0.0269. The zero-order valence-electron chi connectivity index (χ0n) is 22.5. The monoisotopic (exact) mass is 569 g/mol. The molecule has 0 radical (unpaired) electrons. The van der Waals surface area contributed by atoms with Crippen molar-refractivity contribution >= 4 is 23.3 Å². The van der Waals surface area contributed by atoms with Gasteiger partial charge in [0.05, 0.1) is 11.9 Å². The average Bonchev–Trinajstić information content (AvgIpc) is 3.23. The van der Waals surface area contributed by atoms with Crippen molar-refractivity contribution in [3.63, 3.8) is 0 Å². The molecule has 7 nitrogen and oxygen atoms in total. The first-order valence-corrected chi connectivity index (χ1v) is 13.5. The quantitative estimate of drug-likeness (QED) is 0.294. The Kier molecular flexibility index (Phi) is 7.88. The SMILES string of the molecule is CNC(=O)[C@@H](Cc1cc(F)c(F)c(F)c1)NC(=O)CC1CC2(CCN(c3ccc(N)nc3)CC2)c2cc(F)ccc21. The molecule has 216 valence electrons. The molecule has 2 aliphatic rings. The maximum atomic E-state index is 14.4. The second-order valence-corrected chi connectivity index (χ2v) is 10.9. The Labute approximate surface area is 235 Å². The zero-order valence-corrected chi connectivity index (χ0v) is 22.5. The number of rotatable bonds is 7. The van der Waals surface area contributed by atoms with Gasteiger partial charge in [0.15, 0.2) is 17.5 Å². The summed E-state index contributed by atoms with van der Waals surface area (Å²) >= 11 is 0. The van der Waals surface area contributed by atoms with E-state index in [1.165, 1.54) is 13.1 Å². The van der Waals surface area contributed by atoms with Gasteiger partial charge in [-0.2, -0.15) is 0 Å². The molecule has 3 aromatic rings.